The molecule has 1 amide bonds. The number of nitrogens with zero attached hydrogens (tertiary/aromatic N) is 2. The number of amides is 1. The Morgan fingerprint density at radius 2 is 1.71 bits per heavy atom. The van der Waals surface area contributed by atoms with Gasteiger partial charge in [-0.3, -0.25) is 9.69 Å². The Morgan fingerprint density at radius 1 is 1.00 bits per heavy atom. The van der Waals surface area contributed by atoms with E-state index < -0.39 is 0 Å². The largest absolute Gasteiger partial charge is 0.379 e. The molecule has 4 rings (SSSR count). The molecule has 5 heteroatoms. The summed E-state index contributed by atoms with van der Waals surface area (Å²) in [6.45, 7) is 3.80. The van der Waals surface area contributed by atoms with Gasteiger partial charge in [0.1, 0.15) is 0 Å². The number of nitrogens with one attached hydrogen (secondary N) is 1. The van der Waals surface area contributed by atoms with Crippen molar-refractivity contribution in [3.8, 4) is 0 Å². The molecule has 1 aliphatic rings. The zero-order valence-electron chi connectivity index (χ0n) is 18.4. The lowest BCUT2D eigenvalue weighted by molar-refractivity contribution is -0.120. The van der Waals surface area contributed by atoms with Crippen LogP contribution in [-0.2, 0) is 16.0 Å². The molecule has 31 heavy (non-hydrogen) atoms. The van der Waals surface area contributed by atoms with Crippen molar-refractivity contribution >= 4 is 22.4 Å². The average Bonchev–Trinajstić information content (AvgIpc) is 2.80. The van der Waals surface area contributed by atoms with Crippen molar-refractivity contribution in [2.24, 2.45) is 0 Å². The van der Waals surface area contributed by atoms with Gasteiger partial charge in [0.2, 0.25) is 5.91 Å². The van der Waals surface area contributed by atoms with Gasteiger partial charge in [0.05, 0.1) is 25.7 Å². The van der Waals surface area contributed by atoms with Gasteiger partial charge in [-0.1, -0.05) is 54.6 Å². The summed E-state index contributed by atoms with van der Waals surface area (Å²) in [6, 6.07) is 23.1. The lowest BCUT2D eigenvalue weighted by atomic mass is 10.0. The topological polar surface area (TPSA) is 44.8 Å². The fourth-order valence-electron chi connectivity index (χ4n) is 4.23. The summed E-state index contributed by atoms with van der Waals surface area (Å²) >= 11 is 0. The Morgan fingerprint density at radius 3 is 2.45 bits per heavy atom. The van der Waals surface area contributed by atoms with Gasteiger partial charge in [0.25, 0.3) is 0 Å². The summed E-state index contributed by atoms with van der Waals surface area (Å²) in [5.41, 5.74) is 3.45. The molecule has 0 spiro atoms. The van der Waals surface area contributed by atoms with Crippen LogP contribution in [0, 0.1) is 0 Å². The maximum absolute atomic E-state index is 12.9. The number of hydrogen-bond donors (Lipinski definition) is 1. The van der Waals surface area contributed by atoms with Gasteiger partial charge >= 0.3 is 0 Å². The summed E-state index contributed by atoms with van der Waals surface area (Å²) in [7, 11) is 4.09. The predicted molar refractivity (Wildman–Crippen MR) is 127 cm³/mol. The molecule has 1 fully saturated rings. The summed E-state index contributed by atoms with van der Waals surface area (Å²) in [5, 5.41) is 5.51. The quantitative estimate of drug-likeness (QED) is 0.638. The maximum Gasteiger partial charge on any atom is 0.224 e. The van der Waals surface area contributed by atoms with Crippen molar-refractivity contribution in [3.63, 3.8) is 0 Å². The zero-order valence-corrected chi connectivity index (χ0v) is 18.4. The van der Waals surface area contributed by atoms with Crippen LogP contribution in [-0.4, -0.2) is 57.8 Å². The minimum atomic E-state index is 0.0551. The number of benzene rings is 3. The lowest BCUT2D eigenvalue weighted by Crippen LogP contribution is -2.44. The van der Waals surface area contributed by atoms with Gasteiger partial charge in [-0.25, -0.2) is 0 Å². The number of fused-ring (bicyclic) bond motifs is 1. The molecule has 3 aromatic carbocycles. The van der Waals surface area contributed by atoms with Gasteiger partial charge in [-0.2, -0.15) is 0 Å². The van der Waals surface area contributed by atoms with Crippen molar-refractivity contribution in [2.45, 2.75) is 12.5 Å². The molecule has 0 aliphatic carbocycles. The van der Waals surface area contributed by atoms with Crippen LogP contribution in [0.15, 0.2) is 66.7 Å². The first-order chi connectivity index (χ1) is 15.1. The van der Waals surface area contributed by atoms with Crippen molar-refractivity contribution in [1.82, 2.24) is 10.2 Å². The summed E-state index contributed by atoms with van der Waals surface area (Å²) in [6.07, 6.45) is 0.386. The Hall–Kier alpha value is -2.89. The second-order valence-electron chi connectivity index (χ2n) is 8.27. The third-order valence-corrected chi connectivity index (χ3v) is 6.00. The molecule has 0 radical (unpaired) electrons. The Balaban J connectivity index is 1.47. The fraction of sp³-hybridized carbons (Fsp3) is 0.346. The minimum Gasteiger partial charge on any atom is -0.379 e. The Labute approximate surface area is 184 Å². The van der Waals surface area contributed by atoms with Crippen molar-refractivity contribution in [2.75, 3.05) is 51.8 Å². The summed E-state index contributed by atoms with van der Waals surface area (Å²) < 4.78 is 5.55. The monoisotopic (exact) mass is 417 g/mol. The Kier molecular flexibility index (Phi) is 6.85. The first-order valence-electron chi connectivity index (χ1n) is 10.9. The van der Waals surface area contributed by atoms with Crippen molar-refractivity contribution in [3.05, 3.63) is 77.9 Å². The van der Waals surface area contributed by atoms with E-state index in [1.54, 1.807) is 0 Å². The summed E-state index contributed by atoms with van der Waals surface area (Å²) in [5.74, 6) is 0.0551. The van der Waals surface area contributed by atoms with Crippen LogP contribution < -0.4 is 10.2 Å². The molecular formula is C26H31N3O2. The molecular weight excluding hydrogens is 386 g/mol. The second-order valence-corrected chi connectivity index (χ2v) is 8.27. The Bertz CT molecular complexity index is 1010. The molecule has 0 saturated carbocycles. The first kappa shape index (κ1) is 21.3. The van der Waals surface area contributed by atoms with Crippen LogP contribution in [0.4, 0.5) is 5.69 Å². The van der Waals surface area contributed by atoms with Gasteiger partial charge < -0.3 is 15.0 Å². The SMILES string of the molecule is CN(C)c1ccc(C(CNC(=O)Cc2cccc3ccccc23)N2CCOCC2)cc1. The lowest BCUT2D eigenvalue weighted by Gasteiger charge is -2.35. The van der Waals surface area contributed by atoms with E-state index in [2.05, 4.69) is 57.6 Å². The van der Waals surface area contributed by atoms with E-state index in [0.29, 0.717) is 13.0 Å². The highest BCUT2D eigenvalue weighted by Gasteiger charge is 2.23. The smallest absolute Gasteiger partial charge is 0.224 e. The molecule has 162 valence electrons. The van der Waals surface area contributed by atoms with Gasteiger partial charge in [-0.05, 0) is 34.0 Å². The zero-order chi connectivity index (χ0) is 21.6. The van der Waals surface area contributed by atoms with E-state index >= 15 is 0 Å². The molecule has 1 atom stereocenters. The number of carbonyl (C=O) groups is 1. The highest BCUT2D eigenvalue weighted by atomic mass is 16.5. The first-order valence-corrected chi connectivity index (χ1v) is 10.9. The molecule has 1 saturated heterocycles. The van der Waals surface area contributed by atoms with Crippen molar-refractivity contribution in [1.29, 1.82) is 0 Å². The number of carbonyl (C=O) groups excluding carboxylic acids is 1. The number of ether oxygens (including phenoxy) is 1. The third-order valence-electron chi connectivity index (χ3n) is 6.00. The van der Waals surface area contributed by atoms with E-state index in [9.17, 15) is 4.79 Å². The standard InChI is InChI=1S/C26H31N3O2/c1-28(2)23-12-10-21(11-13-23)25(29-14-16-31-17-15-29)19-27-26(30)18-22-8-5-7-20-6-3-4-9-24(20)22/h3-13,25H,14-19H2,1-2H3,(H,27,30). The van der Waals surface area contributed by atoms with E-state index in [4.69, 9.17) is 4.74 Å². The van der Waals surface area contributed by atoms with Crippen LogP contribution >= 0.6 is 0 Å². The maximum atomic E-state index is 12.9. The molecule has 3 aromatic rings. The molecule has 5 nitrogen and oxygen atoms in total. The van der Waals surface area contributed by atoms with Crippen LogP contribution in [0.25, 0.3) is 10.8 Å². The molecule has 1 aliphatic heterocycles. The van der Waals surface area contributed by atoms with E-state index in [1.165, 1.54) is 16.6 Å². The van der Waals surface area contributed by atoms with E-state index in [-0.39, 0.29) is 11.9 Å². The molecule has 1 unspecified atom stereocenters. The number of morpholine rings is 1. The van der Waals surface area contributed by atoms with Gasteiger partial charge in [0.15, 0.2) is 0 Å². The van der Waals surface area contributed by atoms with Crippen molar-refractivity contribution < 1.29 is 9.53 Å². The highest BCUT2D eigenvalue weighted by Crippen LogP contribution is 2.24. The van der Waals surface area contributed by atoms with Gasteiger partial charge in [0, 0.05) is 39.4 Å². The average molecular weight is 418 g/mol. The summed E-state index contributed by atoms with van der Waals surface area (Å²) in [4.78, 5) is 17.4. The predicted octanol–water partition coefficient (Wildman–Crippen LogP) is 3.64. The molecule has 0 aromatic heterocycles. The fourth-order valence-corrected chi connectivity index (χ4v) is 4.23. The van der Waals surface area contributed by atoms with Gasteiger partial charge in [-0.15, -0.1) is 0 Å². The van der Waals surface area contributed by atoms with Crippen LogP contribution in [0.2, 0.25) is 0 Å². The minimum absolute atomic E-state index is 0.0551. The van der Waals surface area contributed by atoms with Crippen LogP contribution in [0.1, 0.15) is 17.2 Å². The second kappa shape index (κ2) is 9.94. The molecule has 0 bridgehead atoms. The van der Waals surface area contributed by atoms with E-state index in [1.807, 2.05) is 38.4 Å². The highest BCUT2D eigenvalue weighted by molar-refractivity contribution is 5.90. The van der Waals surface area contributed by atoms with E-state index in [0.717, 1.165) is 37.3 Å². The third kappa shape index (κ3) is 5.24. The molecule has 1 heterocycles. The normalized spacial score (nSPS) is 15.5. The number of rotatable bonds is 7. The van der Waals surface area contributed by atoms with Crippen LogP contribution in [0.5, 0.6) is 0 Å². The molecule has 1 N–H and O–H groups in total. The van der Waals surface area contributed by atoms with Crippen LogP contribution in [0.3, 0.4) is 0 Å². The number of hydrogen-bond acceptors (Lipinski definition) is 4. The number of anilines is 1.